The monoisotopic (exact) mass is 377 g/mol. The minimum absolute atomic E-state index is 0.0802. The maximum absolute atomic E-state index is 14.2. The predicted molar refractivity (Wildman–Crippen MR) is 95.9 cm³/mol. The zero-order valence-corrected chi connectivity index (χ0v) is 14.4. The molecule has 1 aliphatic rings. The predicted octanol–water partition coefficient (Wildman–Crippen LogP) is 3.68. The number of carbonyl (C=O) groups is 1. The number of nitrogens with zero attached hydrogens (tertiary/aromatic N) is 2. The lowest BCUT2D eigenvalue weighted by molar-refractivity contribution is 0.130. The van der Waals surface area contributed by atoms with Crippen LogP contribution in [-0.4, -0.2) is 16.1 Å². The van der Waals surface area contributed by atoms with E-state index in [0.717, 1.165) is 17.7 Å². The van der Waals surface area contributed by atoms with Crippen molar-refractivity contribution in [3.05, 3.63) is 95.1 Å². The number of hydrogen-bond acceptors (Lipinski definition) is 4. The quantitative estimate of drug-likeness (QED) is 0.692. The number of alkyl carbamates (subject to hydrolysis) is 1. The number of rotatable bonds is 2. The molecule has 5 nitrogen and oxygen atoms in total. The first-order valence-electron chi connectivity index (χ1n) is 8.39. The van der Waals surface area contributed by atoms with Gasteiger partial charge in [-0.25, -0.2) is 13.6 Å². The normalized spacial score (nSPS) is 18.0. The second-order valence-electron chi connectivity index (χ2n) is 6.11. The minimum atomic E-state index is -0.948. The Labute approximate surface area is 159 Å². The number of pyridine rings is 2. The van der Waals surface area contributed by atoms with Crippen LogP contribution in [0.15, 0.2) is 61.2 Å². The maximum atomic E-state index is 14.2. The van der Waals surface area contributed by atoms with Crippen molar-refractivity contribution in [3.63, 3.8) is 0 Å². The molecular formula is C21H13F2N3O2. The van der Waals surface area contributed by atoms with E-state index in [4.69, 9.17) is 4.74 Å². The number of ether oxygens (including phenoxy) is 1. The van der Waals surface area contributed by atoms with Gasteiger partial charge in [-0.05, 0) is 35.9 Å². The van der Waals surface area contributed by atoms with Crippen LogP contribution in [0.2, 0.25) is 0 Å². The summed E-state index contributed by atoms with van der Waals surface area (Å²) in [4.78, 5) is 20.0. The van der Waals surface area contributed by atoms with Crippen LogP contribution in [0.3, 0.4) is 0 Å². The number of carbonyl (C=O) groups excluding carboxylic acids is 1. The highest BCUT2D eigenvalue weighted by Crippen LogP contribution is 2.37. The molecule has 1 aliphatic heterocycles. The third-order valence-electron chi connectivity index (χ3n) is 4.21. The van der Waals surface area contributed by atoms with E-state index in [1.165, 1.54) is 6.07 Å². The number of halogens is 2. The average molecular weight is 377 g/mol. The average Bonchev–Trinajstić information content (AvgIpc) is 3.09. The van der Waals surface area contributed by atoms with Crippen molar-refractivity contribution in [1.82, 2.24) is 15.3 Å². The van der Waals surface area contributed by atoms with Crippen LogP contribution in [0.1, 0.15) is 34.4 Å². The molecule has 1 N–H and O–H groups in total. The number of amides is 1. The van der Waals surface area contributed by atoms with Crippen molar-refractivity contribution >= 4 is 6.09 Å². The Hall–Kier alpha value is -3.79. The van der Waals surface area contributed by atoms with Crippen LogP contribution in [0.25, 0.3) is 0 Å². The molecule has 0 spiro atoms. The number of nitrogens with one attached hydrogen (secondary N) is 1. The number of cyclic esters (lactones) is 1. The van der Waals surface area contributed by atoms with E-state index in [2.05, 4.69) is 27.1 Å². The molecule has 28 heavy (non-hydrogen) atoms. The molecule has 2 atom stereocenters. The summed E-state index contributed by atoms with van der Waals surface area (Å²) in [6.07, 6.45) is 4.79. The second-order valence-corrected chi connectivity index (χ2v) is 6.11. The minimum Gasteiger partial charge on any atom is -0.439 e. The van der Waals surface area contributed by atoms with Gasteiger partial charge in [-0.1, -0.05) is 11.8 Å². The second kappa shape index (κ2) is 7.45. The van der Waals surface area contributed by atoms with E-state index in [1.54, 1.807) is 36.9 Å². The van der Waals surface area contributed by atoms with Gasteiger partial charge in [0.1, 0.15) is 17.7 Å². The highest BCUT2D eigenvalue weighted by atomic mass is 19.1. The zero-order valence-electron chi connectivity index (χ0n) is 14.4. The number of hydrogen-bond donors (Lipinski definition) is 1. The summed E-state index contributed by atoms with van der Waals surface area (Å²) in [5.74, 6) is 4.46. The number of benzene rings is 1. The van der Waals surface area contributed by atoms with Gasteiger partial charge in [-0.3, -0.25) is 9.97 Å². The van der Waals surface area contributed by atoms with Gasteiger partial charge >= 0.3 is 6.09 Å². The van der Waals surface area contributed by atoms with Gasteiger partial charge in [-0.2, -0.15) is 0 Å². The third-order valence-corrected chi connectivity index (χ3v) is 4.21. The van der Waals surface area contributed by atoms with Crippen LogP contribution < -0.4 is 5.32 Å². The van der Waals surface area contributed by atoms with Crippen molar-refractivity contribution < 1.29 is 18.3 Å². The molecule has 0 aliphatic carbocycles. The van der Waals surface area contributed by atoms with Crippen molar-refractivity contribution in [2.45, 2.75) is 12.1 Å². The van der Waals surface area contributed by atoms with Crippen LogP contribution in [-0.2, 0) is 4.74 Å². The zero-order chi connectivity index (χ0) is 19.5. The largest absolute Gasteiger partial charge is 0.439 e. The Morgan fingerprint density at radius 3 is 2.61 bits per heavy atom. The molecule has 1 amide bonds. The molecular weight excluding hydrogens is 364 g/mol. The van der Waals surface area contributed by atoms with Crippen LogP contribution in [0.4, 0.5) is 13.6 Å². The lowest BCUT2D eigenvalue weighted by Gasteiger charge is -2.18. The summed E-state index contributed by atoms with van der Waals surface area (Å²) in [5, 5.41) is 2.64. The summed E-state index contributed by atoms with van der Waals surface area (Å²) in [6.45, 7) is 0. The summed E-state index contributed by atoms with van der Waals surface area (Å²) in [5.41, 5.74) is 2.03. The summed E-state index contributed by atoms with van der Waals surface area (Å²) in [7, 11) is 0. The Morgan fingerprint density at radius 1 is 1.00 bits per heavy atom. The van der Waals surface area contributed by atoms with E-state index >= 15 is 0 Å². The highest BCUT2D eigenvalue weighted by molar-refractivity contribution is 5.71. The molecule has 0 unspecified atom stereocenters. The molecule has 0 radical (unpaired) electrons. The molecule has 1 saturated heterocycles. The van der Waals surface area contributed by atoms with Crippen molar-refractivity contribution in [2.75, 3.05) is 0 Å². The Kier molecular flexibility index (Phi) is 4.68. The van der Waals surface area contributed by atoms with Crippen LogP contribution in [0.5, 0.6) is 0 Å². The van der Waals surface area contributed by atoms with Crippen molar-refractivity contribution in [1.29, 1.82) is 0 Å². The topological polar surface area (TPSA) is 64.1 Å². The van der Waals surface area contributed by atoms with Gasteiger partial charge in [0.2, 0.25) is 0 Å². The fourth-order valence-corrected chi connectivity index (χ4v) is 2.93. The van der Waals surface area contributed by atoms with Gasteiger partial charge in [0.25, 0.3) is 0 Å². The van der Waals surface area contributed by atoms with Crippen LogP contribution in [0, 0.1) is 23.5 Å². The van der Waals surface area contributed by atoms with E-state index in [1.807, 2.05) is 6.07 Å². The molecule has 2 aromatic heterocycles. The summed E-state index contributed by atoms with van der Waals surface area (Å²) in [6, 6.07) is 7.82. The molecule has 138 valence electrons. The SMILES string of the molecule is O=C1N[C@H](c2cncc(C#Cc3cccnc3)c2)[C@@H](c2ccc(F)cc2F)O1. The fourth-order valence-electron chi connectivity index (χ4n) is 2.93. The molecule has 1 aromatic carbocycles. The molecule has 7 heteroatoms. The molecule has 0 saturated carbocycles. The Balaban J connectivity index is 1.66. The molecule has 1 fully saturated rings. The van der Waals surface area contributed by atoms with Crippen molar-refractivity contribution in [3.8, 4) is 11.8 Å². The van der Waals surface area contributed by atoms with E-state index in [0.29, 0.717) is 11.1 Å². The van der Waals surface area contributed by atoms with Gasteiger partial charge in [0, 0.05) is 47.5 Å². The molecule has 3 aromatic rings. The summed E-state index contributed by atoms with van der Waals surface area (Å²) < 4.78 is 32.6. The van der Waals surface area contributed by atoms with E-state index in [-0.39, 0.29) is 5.56 Å². The van der Waals surface area contributed by atoms with Gasteiger partial charge in [-0.15, -0.1) is 0 Å². The third kappa shape index (κ3) is 3.67. The lowest BCUT2D eigenvalue weighted by Crippen LogP contribution is -2.20. The van der Waals surface area contributed by atoms with E-state index < -0.39 is 29.9 Å². The smallest absolute Gasteiger partial charge is 0.408 e. The lowest BCUT2D eigenvalue weighted by atomic mass is 9.96. The van der Waals surface area contributed by atoms with Gasteiger partial charge < -0.3 is 10.1 Å². The first-order chi connectivity index (χ1) is 13.6. The van der Waals surface area contributed by atoms with Gasteiger partial charge in [0.15, 0.2) is 6.10 Å². The standard InChI is InChI=1S/C21H13F2N3O2/c22-16-5-6-17(18(23)9-16)20-19(26-21(27)28-20)15-8-14(11-25-12-15)4-3-13-2-1-7-24-10-13/h1-2,5-12,19-20H,(H,26,27)/t19-,20-/m1/s1. The Bertz CT molecular complexity index is 1090. The first-order valence-corrected chi connectivity index (χ1v) is 8.39. The van der Waals surface area contributed by atoms with Crippen molar-refractivity contribution in [2.24, 2.45) is 0 Å². The fraction of sp³-hybridized carbons (Fsp3) is 0.0952. The number of aromatic nitrogens is 2. The Morgan fingerprint density at radius 2 is 1.82 bits per heavy atom. The van der Waals surface area contributed by atoms with Crippen LogP contribution >= 0.6 is 0 Å². The molecule has 0 bridgehead atoms. The van der Waals surface area contributed by atoms with E-state index in [9.17, 15) is 13.6 Å². The van der Waals surface area contributed by atoms with Gasteiger partial charge in [0.05, 0.1) is 0 Å². The molecule has 3 heterocycles. The maximum Gasteiger partial charge on any atom is 0.408 e. The first kappa shape index (κ1) is 17.6. The molecule has 4 rings (SSSR count). The highest BCUT2D eigenvalue weighted by Gasteiger charge is 2.38. The summed E-state index contributed by atoms with van der Waals surface area (Å²) >= 11 is 0.